The number of hydrogen-bond donors (Lipinski definition) is 0. The van der Waals surface area contributed by atoms with E-state index in [-0.39, 0.29) is 13.2 Å². The third-order valence-electron chi connectivity index (χ3n) is 2.40. The molecule has 0 aromatic carbocycles. The molecule has 1 aliphatic heterocycles. The summed E-state index contributed by atoms with van der Waals surface area (Å²) in [5, 5.41) is 0. The molecule has 1 rings (SSSR count). The Labute approximate surface area is 80.0 Å². The Balaban J connectivity index is 2.66. The summed E-state index contributed by atoms with van der Waals surface area (Å²) in [5.41, 5.74) is 0. The van der Waals surface area contributed by atoms with Gasteiger partial charge in [-0.3, -0.25) is 0 Å². The fourth-order valence-electron chi connectivity index (χ4n) is 1.65. The van der Waals surface area contributed by atoms with Crippen molar-refractivity contribution in [3.8, 4) is 0 Å². The van der Waals surface area contributed by atoms with Crippen molar-refractivity contribution in [1.29, 1.82) is 0 Å². The van der Waals surface area contributed by atoms with Gasteiger partial charge < -0.3 is 0 Å². The van der Waals surface area contributed by atoms with E-state index in [4.69, 9.17) is 4.74 Å². The van der Waals surface area contributed by atoms with E-state index in [1.54, 1.807) is 14.0 Å². The quantitative estimate of drug-likeness (QED) is 0.736. The van der Waals surface area contributed by atoms with Crippen molar-refractivity contribution < 1.29 is 14.3 Å². The second-order valence-corrected chi connectivity index (χ2v) is 12.0. The molecule has 1 atom stereocenters. The van der Waals surface area contributed by atoms with Crippen molar-refractivity contribution in [3.63, 3.8) is 0 Å². The molecule has 4 heteroatoms. The molecule has 0 radical (unpaired) electrons. The first kappa shape index (κ1) is 10.3. The Morgan fingerprint density at radius 1 is 1.67 bits per heavy atom. The van der Waals surface area contributed by atoms with Gasteiger partial charge in [-0.25, -0.2) is 0 Å². The predicted molar refractivity (Wildman–Crippen MR) is 46.3 cm³/mol. The third-order valence-corrected chi connectivity index (χ3v) is 11.0. The van der Waals surface area contributed by atoms with Crippen LogP contribution >= 0.6 is 0 Å². The first-order chi connectivity index (χ1) is 5.66. The SMILES string of the molecule is COC1CC[CH2][In]([C](C)=O)[C]1=O. The summed E-state index contributed by atoms with van der Waals surface area (Å²) < 4.78 is 6.31. The van der Waals surface area contributed by atoms with Gasteiger partial charge in [-0.05, 0) is 0 Å². The summed E-state index contributed by atoms with van der Waals surface area (Å²) in [7, 11) is 1.55. The van der Waals surface area contributed by atoms with Crippen molar-refractivity contribution in [2.75, 3.05) is 7.11 Å². The number of methoxy groups -OCH3 is 1. The molecule has 0 saturated carbocycles. The van der Waals surface area contributed by atoms with Crippen molar-refractivity contribution in [3.05, 3.63) is 0 Å². The number of hydrogen-bond acceptors (Lipinski definition) is 3. The minimum absolute atomic E-state index is 0.179. The van der Waals surface area contributed by atoms with Crippen LogP contribution in [0.25, 0.3) is 0 Å². The van der Waals surface area contributed by atoms with Crippen LogP contribution in [0.15, 0.2) is 0 Å². The van der Waals surface area contributed by atoms with E-state index >= 15 is 0 Å². The van der Waals surface area contributed by atoms with Gasteiger partial charge in [0.05, 0.1) is 0 Å². The van der Waals surface area contributed by atoms with Crippen LogP contribution in [0.4, 0.5) is 0 Å². The molecule has 1 unspecified atom stereocenters. The minimum atomic E-state index is -2.47. The molecule has 1 saturated heterocycles. The van der Waals surface area contributed by atoms with Crippen molar-refractivity contribution in [2.24, 2.45) is 0 Å². The Hall–Kier alpha value is 0.170. The van der Waals surface area contributed by atoms with Crippen LogP contribution < -0.4 is 0 Å². The number of rotatable bonds is 2. The van der Waals surface area contributed by atoms with Crippen LogP contribution in [-0.2, 0) is 14.3 Å². The molecular formula is C8H13InO3. The molecule has 0 spiro atoms. The third kappa shape index (κ3) is 2.10. The van der Waals surface area contributed by atoms with E-state index in [0.717, 1.165) is 17.0 Å². The molecule has 0 bridgehead atoms. The summed E-state index contributed by atoms with van der Waals surface area (Å²) in [4.78, 5) is 22.6. The number of carbonyl (C=O) groups excluding carboxylic acids is 2. The van der Waals surface area contributed by atoms with E-state index in [0.29, 0.717) is 0 Å². The van der Waals surface area contributed by atoms with Crippen LogP contribution in [0.2, 0.25) is 4.18 Å². The maximum atomic E-state index is 11.5. The van der Waals surface area contributed by atoms with Crippen molar-refractivity contribution in [1.82, 2.24) is 0 Å². The Morgan fingerprint density at radius 3 is 2.83 bits per heavy atom. The Kier molecular flexibility index (Phi) is 3.78. The van der Waals surface area contributed by atoms with E-state index in [1.807, 2.05) is 0 Å². The van der Waals surface area contributed by atoms with E-state index in [1.165, 1.54) is 0 Å². The molecule has 1 fully saturated rings. The van der Waals surface area contributed by atoms with Gasteiger partial charge in [-0.2, -0.15) is 0 Å². The summed E-state index contributed by atoms with van der Waals surface area (Å²) in [5.74, 6) is 0. The molecule has 12 heavy (non-hydrogen) atoms. The summed E-state index contributed by atoms with van der Waals surface area (Å²) in [6, 6.07) is 0. The molecule has 0 aliphatic carbocycles. The Morgan fingerprint density at radius 2 is 2.33 bits per heavy atom. The fraction of sp³-hybridized carbons (Fsp3) is 0.750. The molecule has 0 aromatic rings. The topological polar surface area (TPSA) is 43.4 Å². The monoisotopic (exact) mass is 272 g/mol. The maximum absolute atomic E-state index is 11.5. The van der Waals surface area contributed by atoms with E-state index < -0.39 is 21.4 Å². The second kappa shape index (κ2) is 4.42. The van der Waals surface area contributed by atoms with Gasteiger partial charge in [0.2, 0.25) is 0 Å². The van der Waals surface area contributed by atoms with Gasteiger partial charge in [0.25, 0.3) is 0 Å². The zero-order valence-corrected chi connectivity index (χ0v) is 10.8. The van der Waals surface area contributed by atoms with Crippen molar-refractivity contribution >= 4 is 28.5 Å². The van der Waals surface area contributed by atoms with Gasteiger partial charge in [-0.1, -0.05) is 0 Å². The van der Waals surface area contributed by atoms with Gasteiger partial charge in [0.15, 0.2) is 0 Å². The Bertz CT molecular complexity index is 202. The van der Waals surface area contributed by atoms with E-state index in [9.17, 15) is 9.59 Å². The normalized spacial score (nSPS) is 24.3. The molecule has 3 nitrogen and oxygen atoms in total. The summed E-state index contributed by atoms with van der Waals surface area (Å²) in [6.07, 6.45) is 1.57. The molecule has 0 aromatic heterocycles. The second-order valence-electron chi connectivity index (χ2n) is 3.22. The first-order valence-electron chi connectivity index (χ1n) is 4.23. The molecule has 0 amide bonds. The number of carbonyl (C=O) groups is 2. The molecule has 0 N–H and O–H groups in total. The molecule has 1 heterocycles. The first-order valence-corrected chi connectivity index (χ1v) is 9.86. The van der Waals surface area contributed by atoms with Crippen LogP contribution in [0, 0.1) is 0 Å². The van der Waals surface area contributed by atoms with E-state index in [2.05, 4.69) is 0 Å². The zero-order chi connectivity index (χ0) is 9.14. The van der Waals surface area contributed by atoms with Gasteiger partial charge in [0.1, 0.15) is 0 Å². The van der Waals surface area contributed by atoms with Crippen LogP contribution in [0.5, 0.6) is 0 Å². The van der Waals surface area contributed by atoms with Crippen molar-refractivity contribution in [2.45, 2.75) is 30.0 Å². The fourth-order valence-corrected chi connectivity index (χ4v) is 8.75. The van der Waals surface area contributed by atoms with Crippen LogP contribution in [0.3, 0.4) is 0 Å². The average Bonchev–Trinajstić information content (AvgIpc) is 2.04. The predicted octanol–water partition coefficient (Wildman–Crippen LogP) is 0.526. The van der Waals surface area contributed by atoms with Gasteiger partial charge >= 0.3 is 80.0 Å². The summed E-state index contributed by atoms with van der Waals surface area (Å²) >= 11 is -2.47. The molecule has 66 valence electrons. The summed E-state index contributed by atoms with van der Waals surface area (Å²) in [6.45, 7) is 1.57. The van der Waals surface area contributed by atoms with Gasteiger partial charge in [0, 0.05) is 0 Å². The zero-order valence-electron chi connectivity index (χ0n) is 7.50. The molecule has 1 aliphatic rings. The average molecular weight is 272 g/mol. The van der Waals surface area contributed by atoms with Crippen LogP contribution in [-0.4, -0.2) is 41.7 Å². The number of ether oxygens (including phenoxy) is 1. The molecular weight excluding hydrogens is 259 g/mol. The standard InChI is InChI=1S/C6H10O2.C2H3O.In/c1-3-4-6(5-7)8-2;1-2-3;/h6H,1,3-4H2,2H3;1H3;. The van der Waals surface area contributed by atoms with Gasteiger partial charge in [-0.15, -0.1) is 0 Å². The van der Waals surface area contributed by atoms with Crippen LogP contribution in [0.1, 0.15) is 19.8 Å².